The minimum absolute atomic E-state index is 0.0637. The minimum Gasteiger partial charge on any atom is -0.309 e. The van der Waals surface area contributed by atoms with Crippen molar-refractivity contribution in [2.24, 2.45) is 0 Å². The Morgan fingerprint density at radius 3 is 2.47 bits per heavy atom. The molecule has 0 amide bonds. The number of sulfone groups is 1. The summed E-state index contributed by atoms with van der Waals surface area (Å²) in [6, 6.07) is -0.230. The van der Waals surface area contributed by atoms with E-state index in [1.165, 1.54) is 12.6 Å². The second-order valence-corrected chi connectivity index (χ2v) is 5.56. The monoisotopic (exact) mass is 229 g/mol. The van der Waals surface area contributed by atoms with Crippen LogP contribution in [0.3, 0.4) is 0 Å². The van der Waals surface area contributed by atoms with Crippen LogP contribution in [0.4, 0.5) is 0 Å². The Morgan fingerprint density at radius 1 is 1.40 bits per heavy atom. The average molecular weight is 229 g/mol. The first-order valence-electron chi connectivity index (χ1n) is 4.69. The van der Waals surface area contributed by atoms with Crippen molar-refractivity contribution in [2.75, 3.05) is 18.6 Å². The van der Waals surface area contributed by atoms with Gasteiger partial charge in [0.2, 0.25) is 0 Å². The molecule has 1 atom stereocenters. The molecule has 0 radical (unpaired) electrons. The molecule has 1 aromatic rings. The van der Waals surface area contributed by atoms with E-state index in [-0.39, 0.29) is 11.8 Å². The lowest BCUT2D eigenvalue weighted by atomic mass is 10.2. The summed E-state index contributed by atoms with van der Waals surface area (Å²) in [5, 5.41) is 3.10. The summed E-state index contributed by atoms with van der Waals surface area (Å²) >= 11 is 0. The standard InChI is InChI=1S/C9H15N3O2S/c1-3-12-9(6-15(2,13)14)8-4-10-7-11-5-8/h4-5,7,9,12H,3,6H2,1-2H3. The van der Waals surface area contributed by atoms with Gasteiger partial charge in [-0.05, 0) is 6.54 Å². The fraction of sp³-hybridized carbons (Fsp3) is 0.556. The highest BCUT2D eigenvalue weighted by Crippen LogP contribution is 2.12. The number of rotatable bonds is 5. The quantitative estimate of drug-likeness (QED) is 0.779. The van der Waals surface area contributed by atoms with Crippen LogP contribution in [0.2, 0.25) is 0 Å². The Morgan fingerprint density at radius 2 is 2.00 bits per heavy atom. The molecular formula is C9H15N3O2S. The Kier molecular flexibility index (Phi) is 4.16. The molecule has 0 aromatic carbocycles. The van der Waals surface area contributed by atoms with Gasteiger partial charge in [0.15, 0.2) is 0 Å². The van der Waals surface area contributed by atoms with E-state index in [1.54, 1.807) is 12.4 Å². The highest BCUT2D eigenvalue weighted by atomic mass is 32.2. The van der Waals surface area contributed by atoms with Gasteiger partial charge in [0, 0.05) is 30.3 Å². The van der Waals surface area contributed by atoms with Crippen LogP contribution >= 0.6 is 0 Å². The summed E-state index contributed by atoms with van der Waals surface area (Å²) in [5.41, 5.74) is 0.796. The lowest BCUT2D eigenvalue weighted by Gasteiger charge is -2.16. The molecule has 1 unspecified atom stereocenters. The van der Waals surface area contributed by atoms with Gasteiger partial charge in [0.05, 0.1) is 5.75 Å². The third-order valence-corrected chi connectivity index (χ3v) is 2.84. The van der Waals surface area contributed by atoms with Gasteiger partial charge in [-0.25, -0.2) is 18.4 Å². The van der Waals surface area contributed by atoms with Gasteiger partial charge in [-0.2, -0.15) is 0 Å². The third-order valence-electron chi connectivity index (χ3n) is 1.90. The van der Waals surface area contributed by atoms with E-state index in [4.69, 9.17) is 0 Å². The first kappa shape index (κ1) is 12.1. The van der Waals surface area contributed by atoms with E-state index in [0.29, 0.717) is 6.54 Å². The molecule has 1 heterocycles. The molecule has 0 aliphatic heterocycles. The van der Waals surface area contributed by atoms with Crippen molar-refractivity contribution in [3.63, 3.8) is 0 Å². The average Bonchev–Trinajstić information content (AvgIpc) is 2.17. The Bertz CT molecular complexity index is 391. The van der Waals surface area contributed by atoms with Crippen LogP contribution in [-0.4, -0.2) is 36.9 Å². The molecule has 0 aliphatic rings. The predicted octanol–water partition coefficient (Wildman–Crippen LogP) is 0.172. The summed E-state index contributed by atoms with van der Waals surface area (Å²) in [6.07, 6.45) is 5.91. The Labute approximate surface area is 89.9 Å². The molecule has 15 heavy (non-hydrogen) atoms. The minimum atomic E-state index is -3.01. The van der Waals surface area contributed by atoms with Crippen molar-refractivity contribution < 1.29 is 8.42 Å². The van der Waals surface area contributed by atoms with Crippen molar-refractivity contribution >= 4 is 9.84 Å². The van der Waals surface area contributed by atoms with E-state index >= 15 is 0 Å². The van der Waals surface area contributed by atoms with Gasteiger partial charge in [0.25, 0.3) is 0 Å². The molecule has 0 saturated carbocycles. The number of nitrogens with one attached hydrogen (secondary N) is 1. The van der Waals surface area contributed by atoms with E-state index in [1.807, 2.05) is 6.92 Å². The van der Waals surface area contributed by atoms with Crippen LogP contribution < -0.4 is 5.32 Å². The summed E-state index contributed by atoms with van der Waals surface area (Å²) in [4.78, 5) is 7.74. The van der Waals surface area contributed by atoms with Gasteiger partial charge in [-0.15, -0.1) is 0 Å². The molecule has 5 nitrogen and oxygen atoms in total. The van der Waals surface area contributed by atoms with Gasteiger partial charge in [0.1, 0.15) is 16.2 Å². The fourth-order valence-corrected chi connectivity index (χ4v) is 2.23. The van der Waals surface area contributed by atoms with Crippen molar-refractivity contribution in [1.82, 2.24) is 15.3 Å². The van der Waals surface area contributed by atoms with Gasteiger partial charge in [-0.3, -0.25) is 0 Å². The topological polar surface area (TPSA) is 72.0 Å². The normalized spacial score (nSPS) is 13.7. The number of hydrogen-bond donors (Lipinski definition) is 1. The van der Waals surface area contributed by atoms with Crippen LogP contribution in [0.15, 0.2) is 18.7 Å². The molecule has 0 bridgehead atoms. The van der Waals surface area contributed by atoms with Gasteiger partial charge in [-0.1, -0.05) is 6.92 Å². The molecule has 6 heteroatoms. The molecule has 84 valence electrons. The van der Waals surface area contributed by atoms with Crippen LogP contribution in [0.1, 0.15) is 18.5 Å². The van der Waals surface area contributed by atoms with Crippen LogP contribution in [0.25, 0.3) is 0 Å². The molecule has 1 aromatic heterocycles. The fourth-order valence-electron chi connectivity index (χ4n) is 1.31. The maximum atomic E-state index is 11.2. The smallest absolute Gasteiger partial charge is 0.149 e. The van der Waals surface area contributed by atoms with Gasteiger partial charge >= 0.3 is 0 Å². The number of aromatic nitrogens is 2. The summed E-state index contributed by atoms with van der Waals surface area (Å²) in [5.74, 6) is 0.0637. The first-order valence-corrected chi connectivity index (χ1v) is 6.75. The van der Waals surface area contributed by atoms with Crippen LogP contribution in [-0.2, 0) is 9.84 Å². The maximum absolute atomic E-state index is 11.2. The molecule has 0 spiro atoms. The number of hydrogen-bond acceptors (Lipinski definition) is 5. The zero-order chi connectivity index (χ0) is 11.3. The first-order chi connectivity index (χ1) is 7.03. The van der Waals surface area contributed by atoms with Crippen molar-refractivity contribution in [1.29, 1.82) is 0 Å². The molecule has 1 rings (SSSR count). The number of nitrogens with zero attached hydrogens (tertiary/aromatic N) is 2. The highest BCUT2D eigenvalue weighted by molar-refractivity contribution is 7.90. The SMILES string of the molecule is CCNC(CS(C)(=O)=O)c1cncnc1. The van der Waals surface area contributed by atoms with Crippen molar-refractivity contribution in [2.45, 2.75) is 13.0 Å². The highest BCUT2D eigenvalue weighted by Gasteiger charge is 2.16. The van der Waals surface area contributed by atoms with E-state index in [0.717, 1.165) is 5.56 Å². The second kappa shape index (κ2) is 5.18. The lowest BCUT2D eigenvalue weighted by Crippen LogP contribution is -2.27. The van der Waals surface area contributed by atoms with E-state index in [2.05, 4.69) is 15.3 Å². The molecule has 1 N–H and O–H groups in total. The predicted molar refractivity (Wildman–Crippen MR) is 58.2 cm³/mol. The second-order valence-electron chi connectivity index (χ2n) is 3.37. The largest absolute Gasteiger partial charge is 0.309 e. The zero-order valence-electron chi connectivity index (χ0n) is 8.84. The van der Waals surface area contributed by atoms with E-state index in [9.17, 15) is 8.42 Å². The van der Waals surface area contributed by atoms with Crippen molar-refractivity contribution in [3.8, 4) is 0 Å². The Balaban J connectivity index is 2.84. The van der Waals surface area contributed by atoms with Crippen LogP contribution in [0.5, 0.6) is 0 Å². The molecule has 0 aliphatic carbocycles. The summed E-state index contributed by atoms with van der Waals surface area (Å²) in [7, 11) is -3.01. The Hall–Kier alpha value is -1.01. The zero-order valence-corrected chi connectivity index (χ0v) is 9.66. The van der Waals surface area contributed by atoms with E-state index < -0.39 is 9.84 Å². The molecule has 0 fully saturated rings. The molecular weight excluding hydrogens is 214 g/mol. The summed E-state index contributed by atoms with van der Waals surface area (Å²) in [6.45, 7) is 2.63. The summed E-state index contributed by atoms with van der Waals surface area (Å²) < 4.78 is 22.4. The maximum Gasteiger partial charge on any atom is 0.149 e. The van der Waals surface area contributed by atoms with Crippen LogP contribution in [0, 0.1) is 0 Å². The van der Waals surface area contributed by atoms with Gasteiger partial charge < -0.3 is 5.32 Å². The third kappa shape index (κ3) is 4.35. The van der Waals surface area contributed by atoms with Crippen molar-refractivity contribution in [3.05, 3.63) is 24.3 Å². The lowest BCUT2D eigenvalue weighted by molar-refractivity contribution is 0.561. The molecule has 0 saturated heterocycles.